The molecule has 1 aromatic rings. The zero-order chi connectivity index (χ0) is 14.9. The van der Waals surface area contributed by atoms with Gasteiger partial charge in [-0.25, -0.2) is 17.5 Å². The molecule has 2 N–H and O–H groups in total. The molecular formula is C12H13ClFNO4S. The molecule has 2 rings (SSSR count). The van der Waals surface area contributed by atoms with Gasteiger partial charge < -0.3 is 5.11 Å². The summed E-state index contributed by atoms with van der Waals surface area (Å²) in [5.74, 6) is -2.19. The van der Waals surface area contributed by atoms with E-state index in [1.807, 2.05) is 0 Å². The van der Waals surface area contributed by atoms with Gasteiger partial charge in [0, 0.05) is 6.04 Å². The number of nitrogens with one attached hydrogen (secondary N) is 1. The lowest BCUT2D eigenvalue weighted by molar-refractivity contribution is -0.141. The molecule has 2 atom stereocenters. The van der Waals surface area contributed by atoms with Gasteiger partial charge in [0.15, 0.2) is 0 Å². The molecule has 0 unspecified atom stereocenters. The van der Waals surface area contributed by atoms with E-state index in [9.17, 15) is 17.6 Å². The van der Waals surface area contributed by atoms with Crippen molar-refractivity contribution in [3.8, 4) is 0 Å². The smallest absolute Gasteiger partial charge is 0.306 e. The second-order valence-electron chi connectivity index (χ2n) is 4.74. The van der Waals surface area contributed by atoms with Crippen molar-refractivity contribution < 1.29 is 22.7 Å². The minimum Gasteiger partial charge on any atom is -0.481 e. The zero-order valence-corrected chi connectivity index (χ0v) is 11.9. The molecule has 0 heterocycles. The standard InChI is InChI=1S/C12H13ClFNO4S/c13-10-4-2-8(14)6-11(10)20(18,19)15-9-3-1-7(5-9)12(16)17/h2,4,6-7,9,15H,1,3,5H2,(H,16,17)/t7-,9+/m1/s1. The number of aliphatic carboxylic acids is 1. The third-order valence-electron chi connectivity index (χ3n) is 3.29. The molecule has 1 aliphatic rings. The lowest BCUT2D eigenvalue weighted by Crippen LogP contribution is -2.33. The van der Waals surface area contributed by atoms with Crippen LogP contribution in [0.25, 0.3) is 0 Å². The molecule has 0 aliphatic heterocycles. The minimum atomic E-state index is -3.96. The SMILES string of the molecule is O=C(O)[C@@H]1CC[C@H](NS(=O)(=O)c2cc(F)ccc2Cl)C1. The summed E-state index contributed by atoms with van der Waals surface area (Å²) < 4.78 is 39.8. The molecule has 20 heavy (non-hydrogen) atoms. The normalized spacial score (nSPS) is 22.9. The van der Waals surface area contributed by atoms with E-state index in [1.54, 1.807) is 0 Å². The molecule has 0 amide bonds. The van der Waals surface area contributed by atoms with E-state index in [0.29, 0.717) is 12.8 Å². The van der Waals surface area contributed by atoms with Crippen LogP contribution >= 0.6 is 11.6 Å². The average Bonchev–Trinajstić information content (AvgIpc) is 2.80. The molecular weight excluding hydrogens is 309 g/mol. The molecule has 0 spiro atoms. The van der Waals surface area contributed by atoms with Crippen LogP contribution in [0.4, 0.5) is 4.39 Å². The van der Waals surface area contributed by atoms with E-state index in [1.165, 1.54) is 6.07 Å². The number of carbonyl (C=O) groups is 1. The van der Waals surface area contributed by atoms with Gasteiger partial charge in [-0.3, -0.25) is 4.79 Å². The summed E-state index contributed by atoms with van der Waals surface area (Å²) in [5.41, 5.74) is 0. The van der Waals surface area contributed by atoms with E-state index in [2.05, 4.69) is 4.72 Å². The number of carboxylic acids is 1. The largest absolute Gasteiger partial charge is 0.481 e. The van der Waals surface area contributed by atoms with Crippen LogP contribution in [0.15, 0.2) is 23.1 Å². The van der Waals surface area contributed by atoms with Gasteiger partial charge in [-0.15, -0.1) is 0 Å². The Morgan fingerprint density at radius 1 is 1.40 bits per heavy atom. The van der Waals surface area contributed by atoms with Crippen molar-refractivity contribution in [1.29, 1.82) is 0 Å². The van der Waals surface area contributed by atoms with E-state index in [0.717, 1.165) is 12.1 Å². The van der Waals surface area contributed by atoms with E-state index in [-0.39, 0.29) is 16.3 Å². The van der Waals surface area contributed by atoms with Crippen molar-refractivity contribution in [3.05, 3.63) is 29.0 Å². The predicted molar refractivity (Wildman–Crippen MR) is 70.5 cm³/mol. The maximum atomic E-state index is 13.1. The topological polar surface area (TPSA) is 83.5 Å². The average molecular weight is 322 g/mol. The number of carboxylic acid groups (broad SMARTS) is 1. The Morgan fingerprint density at radius 2 is 2.10 bits per heavy atom. The summed E-state index contributed by atoms with van der Waals surface area (Å²) in [4.78, 5) is 10.5. The Kier molecular flexibility index (Phi) is 4.31. The first-order valence-electron chi connectivity index (χ1n) is 6.00. The fourth-order valence-corrected chi connectivity index (χ4v) is 4.07. The number of hydrogen-bond acceptors (Lipinski definition) is 3. The molecule has 0 saturated heterocycles. The zero-order valence-electron chi connectivity index (χ0n) is 10.3. The molecule has 0 radical (unpaired) electrons. The number of benzene rings is 1. The van der Waals surface area contributed by atoms with Crippen molar-refractivity contribution in [1.82, 2.24) is 4.72 Å². The van der Waals surface area contributed by atoms with E-state index in [4.69, 9.17) is 16.7 Å². The van der Waals surface area contributed by atoms with Crippen LogP contribution in [0.3, 0.4) is 0 Å². The quantitative estimate of drug-likeness (QED) is 0.888. The highest BCUT2D eigenvalue weighted by Gasteiger charge is 2.33. The first kappa shape index (κ1) is 15.2. The molecule has 1 saturated carbocycles. The lowest BCUT2D eigenvalue weighted by Gasteiger charge is -2.14. The maximum absolute atomic E-state index is 13.1. The van der Waals surface area contributed by atoms with Crippen LogP contribution in [-0.2, 0) is 14.8 Å². The highest BCUT2D eigenvalue weighted by Crippen LogP contribution is 2.28. The fraction of sp³-hybridized carbons (Fsp3) is 0.417. The fourth-order valence-electron chi connectivity index (χ4n) is 2.28. The van der Waals surface area contributed by atoms with Gasteiger partial charge in [-0.1, -0.05) is 11.6 Å². The second-order valence-corrected chi connectivity index (χ2v) is 6.83. The number of rotatable bonds is 4. The summed E-state index contributed by atoms with van der Waals surface area (Å²) in [6, 6.07) is 2.60. The summed E-state index contributed by atoms with van der Waals surface area (Å²) in [6.45, 7) is 0. The van der Waals surface area contributed by atoms with E-state index < -0.39 is 33.8 Å². The van der Waals surface area contributed by atoms with Crippen LogP contribution in [0.1, 0.15) is 19.3 Å². The molecule has 110 valence electrons. The van der Waals surface area contributed by atoms with Crippen molar-refractivity contribution in [3.63, 3.8) is 0 Å². The van der Waals surface area contributed by atoms with Crippen molar-refractivity contribution >= 4 is 27.6 Å². The van der Waals surface area contributed by atoms with Crippen molar-refractivity contribution in [2.24, 2.45) is 5.92 Å². The molecule has 0 aromatic heterocycles. The predicted octanol–water partition coefficient (Wildman–Crippen LogP) is 2.01. The van der Waals surface area contributed by atoms with Crippen LogP contribution in [0.5, 0.6) is 0 Å². The molecule has 8 heteroatoms. The highest BCUT2D eigenvalue weighted by atomic mass is 35.5. The van der Waals surface area contributed by atoms with Crippen molar-refractivity contribution in [2.45, 2.75) is 30.2 Å². The van der Waals surface area contributed by atoms with Crippen LogP contribution < -0.4 is 4.72 Å². The lowest BCUT2D eigenvalue weighted by atomic mass is 10.1. The summed E-state index contributed by atoms with van der Waals surface area (Å²) in [7, 11) is -3.96. The third kappa shape index (κ3) is 3.28. The molecule has 1 fully saturated rings. The number of halogens is 2. The Hall–Kier alpha value is -1.18. The Morgan fingerprint density at radius 3 is 2.70 bits per heavy atom. The molecule has 0 bridgehead atoms. The highest BCUT2D eigenvalue weighted by molar-refractivity contribution is 7.89. The summed E-state index contributed by atoms with van der Waals surface area (Å²) in [6.07, 6.45) is 1.07. The maximum Gasteiger partial charge on any atom is 0.306 e. The van der Waals surface area contributed by atoms with Gasteiger partial charge in [0.25, 0.3) is 0 Å². The van der Waals surface area contributed by atoms with Gasteiger partial charge in [0.05, 0.1) is 10.9 Å². The summed E-state index contributed by atoms with van der Waals surface area (Å²) in [5, 5.41) is 8.80. The van der Waals surface area contributed by atoms with Gasteiger partial charge in [0.1, 0.15) is 10.7 Å². The molecule has 1 aromatic carbocycles. The third-order valence-corrected chi connectivity index (χ3v) is 5.29. The van der Waals surface area contributed by atoms with Gasteiger partial charge in [-0.2, -0.15) is 0 Å². The second kappa shape index (κ2) is 5.67. The van der Waals surface area contributed by atoms with Crippen LogP contribution in [-0.4, -0.2) is 25.5 Å². The van der Waals surface area contributed by atoms with Crippen LogP contribution in [0, 0.1) is 11.7 Å². The summed E-state index contributed by atoms with van der Waals surface area (Å²) >= 11 is 5.77. The van der Waals surface area contributed by atoms with E-state index >= 15 is 0 Å². The van der Waals surface area contributed by atoms with Crippen LogP contribution in [0.2, 0.25) is 5.02 Å². The number of hydrogen-bond donors (Lipinski definition) is 2. The van der Waals surface area contributed by atoms with Gasteiger partial charge >= 0.3 is 5.97 Å². The number of sulfonamides is 1. The Bertz CT molecular complexity index is 634. The minimum absolute atomic E-state index is 0.0771. The molecule has 5 nitrogen and oxygen atoms in total. The van der Waals surface area contributed by atoms with Gasteiger partial charge in [-0.05, 0) is 37.5 Å². The monoisotopic (exact) mass is 321 g/mol. The van der Waals surface area contributed by atoms with Crippen molar-refractivity contribution in [2.75, 3.05) is 0 Å². The molecule has 1 aliphatic carbocycles. The first-order chi connectivity index (χ1) is 9.29. The Labute approximate surface area is 120 Å². The first-order valence-corrected chi connectivity index (χ1v) is 7.86. The van der Waals surface area contributed by atoms with Gasteiger partial charge in [0.2, 0.25) is 10.0 Å². The Balaban J connectivity index is 2.16.